The van der Waals surface area contributed by atoms with Gasteiger partial charge in [0.1, 0.15) is 28.7 Å². The Kier molecular flexibility index (Phi) is 6.99. The third-order valence-electron chi connectivity index (χ3n) is 8.29. The summed E-state index contributed by atoms with van der Waals surface area (Å²) in [6.45, 7) is 12.4. The topological polar surface area (TPSA) is 35.9 Å². The molecule has 1 saturated heterocycles. The quantitative estimate of drug-likeness (QED) is 0.455. The van der Waals surface area contributed by atoms with Crippen LogP contribution in [0.3, 0.4) is 0 Å². The molecule has 0 radical (unpaired) electrons. The lowest BCUT2D eigenvalue weighted by molar-refractivity contribution is 0.00479. The molecule has 0 spiro atoms. The van der Waals surface area contributed by atoms with Gasteiger partial charge in [-0.25, -0.2) is 8.78 Å². The van der Waals surface area contributed by atoms with Crippen molar-refractivity contribution >= 4 is 0 Å². The molecular formula is C31H36F2N2O2. The highest BCUT2D eigenvalue weighted by Crippen LogP contribution is 2.43. The summed E-state index contributed by atoms with van der Waals surface area (Å²) in [6.07, 6.45) is 1.79. The Morgan fingerprint density at radius 1 is 0.838 bits per heavy atom. The molecule has 1 N–H and O–H groups in total. The van der Waals surface area contributed by atoms with Gasteiger partial charge in [-0.15, -0.1) is 0 Å². The lowest BCUT2D eigenvalue weighted by atomic mass is 9.86. The van der Waals surface area contributed by atoms with Crippen LogP contribution in [0.2, 0.25) is 0 Å². The first-order valence-electron chi connectivity index (χ1n) is 13.1. The first kappa shape index (κ1) is 25.7. The first-order valence-corrected chi connectivity index (χ1v) is 13.1. The van der Waals surface area contributed by atoms with Gasteiger partial charge >= 0.3 is 0 Å². The van der Waals surface area contributed by atoms with E-state index in [1.807, 2.05) is 45.0 Å². The van der Waals surface area contributed by atoms with Crippen LogP contribution in [0.15, 0.2) is 48.5 Å². The van der Waals surface area contributed by atoms with Crippen molar-refractivity contribution in [2.45, 2.75) is 52.2 Å². The number of rotatable bonds is 5. The van der Waals surface area contributed by atoms with Gasteiger partial charge in [-0.05, 0) is 92.6 Å². The number of nitrogens with zero attached hydrogens (tertiary/aromatic N) is 2. The molecule has 37 heavy (non-hydrogen) atoms. The largest absolute Gasteiger partial charge is 0.507 e. The highest BCUT2D eigenvalue weighted by atomic mass is 19.1. The summed E-state index contributed by atoms with van der Waals surface area (Å²) in [5.74, 6) is 0.804. The third-order valence-corrected chi connectivity index (χ3v) is 8.29. The van der Waals surface area contributed by atoms with Gasteiger partial charge in [0.05, 0.1) is 6.04 Å². The monoisotopic (exact) mass is 506 g/mol. The average molecular weight is 507 g/mol. The summed E-state index contributed by atoms with van der Waals surface area (Å²) in [6, 6.07) is 13.2. The van der Waals surface area contributed by atoms with Crippen LogP contribution < -0.4 is 4.74 Å². The minimum atomic E-state index is -0.302. The number of benzene rings is 3. The van der Waals surface area contributed by atoms with E-state index in [2.05, 4.69) is 16.7 Å². The van der Waals surface area contributed by atoms with Crippen LogP contribution in [-0.2, 0) is 6.42 Å². The fraction of sp³-hybridized carbons (Fsp3) is 0.419. The summed E-state index contributed by atoms with van der Waals surface area (Å²) >= 11 is 0. The Hall–Kier alpha value is -2.96. The standard InChI is InChI=1S/C31H36F2N2O2/c1-20-21(2)30-27(22(3)29(20)36)13-14-31(4,37-30)19-34-15-17-35(18-16-34)28(23-5-9-25(32)10-6-23)24-7-11-26(33)12-8-24/h5-12,28,36H,13-19H2,1-4H3. The number of phenols is 1. The number of ether oxygens (including phenoxy) is 1. The van der Waals surface area contributed by atoms with Gasteiger partial charge in [0.2, 0.25) is 0 Å². The maximum atomic E-state index is 13.6. The van der Waals surface area contributed by atoms with Crippen molar-refractivity contribution in [3.63, 3.8) is 0 Å². The van der Waals surface area contributed by atoms with Gasteiger partial charge in [-0.2, -0.15) is 0 Å². The van der Waals surface area contributed by atoms with Crippen LogP contribution in [0.25, 0.3) is 0 Å². The number of hydrogen-bond acceptors (Lipinski definition) is 4. The predicted molar refractivity (Wildman–Crippen MR) is 142 cm³/mol. The van der Waals surface area contributed by atoms with Gasteiger partial charge in [0, 0.05) is 38.3 Å². The van der Waals surface area contributed by atoms with Crippen LogP contribution in [0, 0.1) is 32.4 Å². The van der Waals surface area contributed by atoms with Crippen molar-refractivity contribution in [3.8, 4) is 11.5 Å². The van der Waals surface area contributed by atoms with Crippen molar-refractivity contribution < 1.29 is 18.6 Å². The molecule has 1 fully saturated rings. The number of hydrogen-bond donors (Lipinski definition) is 1. The zero-order chi connectivity index (χ0) is 26.3. The smallest absolute Gasteiger partial charge is 0.127 e. The molecule has 1 atom stereocenters. The van der Waals surface area contributed by atoms with Gasteiger partial charge < -0.3 is 9.84 Å². The summed E-state index contributed by atoms with van der Waals surface area (Å²) < 4.78 is 34.0. The lowest BCUT2D eigenvalue weighted by Gasteiger charge is -2.44. The maximum Gasteiger partial charge on any atom is 0.127 e. The van der Waals surface area contributed by atoms with Crippen molar-refractivity contribution in [1.29, 1.82) is 0 Å². The Labute approximate surface area is 218 Å². The van der Waals surface area contributed by atoms with Crippen LogP contribution in [-0.4, -0.2) is 53.2 Å². The molecule has 196 valence electrons. The van der Waals surface area contributed by atoms with Crippen LogP contribution in [0.1, 0.15) is 52.8 Å². The zero-order valence-electron chi connectivity index (χ0n) is 22.2. The van der Waals surface area contributed by atoms with Crippen molar-refractivity contribution in [3.05, 3.63) is 93.5 Å². The van der Waals surface area contributed by atoms with E-state index in [9.17, 15) is 13.9 Å². The third kappa shape index (κ3) is 5.10. The molecule has 2 heterocycles. The molecule has 0 saturated carbocycles. The summed E-state index contributed by atoms with van der Waals surface area (Å²) in [7, 11) is 0. The van der Waals surface area contributed by atoms with Crippen molar-refractivity contribution in [2.75, 3.05) is 32.7 Å². The second-order valence-corrected chi connectivity index (χ2v) is 10.9. The molecule has 0 amide bonds. The fourth-order valence-corrected chi connectivity index (χ4v) is 5.96. The van der Waals surface area contributed by atoms with E-state index in [1.165, 1.54) is 24.3 Å². The molecule has 1 unspecified atom stereocenters. The molecule has 3 aromatic carbocycles. The second-order valence-electron chi connectivity index (χ2n) is 10.9. The van der Waals surface area contributed by atoms with E-state index >= 15 is 0 Å². The van der Waals surface area contributed by atoms with Gasteiger partial charge in [-0.3, -0.25) is 9.80 Å². The second kappa shape index (κ2) is 10.1. The van der Waals surface area contributed by atoms with Crippen LogP contribution >= 0.6 is 0 Å². The Morgan fingerprint density at radius 2 is 1.38 bits per heavy atom. The Bertz CT molecular complexity index is 1220. The average Bonchev–Trinajstić information content (AvgIpc) is 2.89. The van der Waals surface area contributed by atoms with E-state index in [0.29, 0.717) is 5.75 Å². The van der Waals surface area contributed by atoms with Crippen molar-refractivity contribution in [2.24, 2.45) is 0 Å². The number of phenolic OH excluding ortho intramolecular Hbond substituents is 1. The molecule has 0 bridgehead atoms. The summed E-state index contributed by atoms with van der Waals surface area (Å²) in [4.78, 5) is 4.86. The first-order chi connectivity index (χ1) is 17.6. The zero-order valence-corrected chi connectivity index (χ0v) is 22.2. The van der Waals surface area contributed by atoms with E-state index < -0.39 is 0 Å². The molecule has 6 heteroatoms. The highest BCUT2D eigenvalue weighted by Gasteiger charge is 2.37. The van der Waals surface area contributed by atoms with E-state index in [4.69, 9.17) is 4.74 Å². The minimum Gasteiger partial charge on any atom is -0.507 e. The molecule has 2 aliphatic heterocycles. The molecule has 5 rings (SSSR count). The fourth-order valence-electron chi connectivity index (χ4n) is 5.96. The normalized spacial score (nSPS) is 20.6. The Morgan fingerprint density at radius 3 is 1.92 bits per heavy atom. The van der Waals surface area contributed by atoms with Gasteiger partial charge in [0.25, 0.3) is 0 Å². The number of piperazine rings is 1. The van der Waals surface area contributed by atoms with Gasteiger partial charge in [0.15, 0.2) is 0 Å². The lowest BCUT2D eigenvalue weighted by Crippen LogP contribution is -2.54. The molecular weight excluding hydrogens is 470 g/mol. The SMILES string of the molecule is Cc1c(C)c2c(c(C)c1O)CCC(C)(CN1CCN(C(c3ccc(F)cc3)c3ccc(F)cc3)CC1)O2. The van der Waals surface area contributed by atoms with Crippen molar-refractivity contribution in [1.82, 2.24) is 9.80 Å². The van der Waals surface area contributed by atoms with E-state index in [-0.39, 0.29) is 23.3 Å². The van der Waals surface area contributed by atoms with E-state index in [1.54, 1.807) is 0 Å². The molecule has 0 aliphatic carbocycles. The molecule has 2 aliphatic rings. The van der Waals surface area contributed by atoms with E-state index in [0.717, 1.165) is 84.7 Å². The molecule has 3 aromatic rings. The molecule has 4 nitrogen and oxygen atoms in total. The number of aromatic hydroxyl groups is 1. The van der Waals surface area contributed by atoms with Gasteiger partial charge in [-0.1, -0.05) is 24.3 Å². The number of halogens is 2. The minimum absolute atomic E-state index is 0.0574. The highest BCUT2D eigenvalue weighted by molar-refractivity contribution is 5.58. The summed E-state index contributed by atoms with van der Waals surface area (Å²) in [5.41, 5.74) is 5.68. The van der Waals surface area contributed by atoms with Crippen LogP contribution in [0.4, 0.5) is 8.78 Å². The Balaban J connectivity index is 1.30. The predicted octanol–water partition coefficient (Wildman–Crippen LogP) is 6.09. The molecule has 0 aromatic heterocycles. The maximum absolute atomic E-state index is 13.6. The van der Waals surface area contributed by atoms with Crippen LogP contribution in [0.5, 0.6) is 11.5 Å². The number of fused-ring (bicyclic) bond motifs is 1. The summed E-state index contributed by atoms with van der Waals surface area (Å²) in [5, 5.41) is 10.5.